The van der Waals surface area contributed by atoms with Crippen LogP contribution in [0.3, 0.4) is 0 Å². The summed E-state index contributed by atoms with van der Waals surface area (Å²) in [6.07, 6.45) is 13.1. The minimum absolute atomic E-state index is 0.497. The summed E-state index contributed by atoms with van der Waals surface area (Å²) < 4.78 is 0. The molecule has 0 bridgehead atoms. The van der Waals surface area contributed by atoms with Crippen molar-refractivity contribution in [1.29, 1.82) is 0 Å². The van der Waals surface area contributed by atoms with Crippen molar-refractivity contribution in [1.82, 2.24) is 4.90 Å². The molecular weight excluding hydrogens is 226 g/mol. The van der Waals surface area contributed by atoms with Crippen molar-refractivity contribution in [3.63, 3.8) is 0 Å². The topological polar surface area (TPSA) is 32.7 Å². The van der Waals surface area contributed by atoms with Crippen LogP contribution < -0.4 is 0 Å². The van der Waals surface area contributed by atoms with Gasteiger partial charge < -0.3 is 4.90 Å². The lowest BCUT2D eigenvalue weighted by molar-refractivity contribution is -0.242. The lowest BCUT2D eigenvalue weighted by Crippen LogP contribution is -1.99. The van der Waals surface area contributed by atoms with Gasteiger partial charge in [0.25, 0.3) is 0 Å². The first-order valence-corrected chi connectivity index (χ1v) is 7.52. The first-order chi connectivity index (χ1) is 8.65. The monoisotopic (exact) mass is 261 g/mol. The third-order valence-corrected chi connectivity index (χ3v) is 2.59. The van der Waals surface area contributed by atoms with Crippen LogP contribution in [-0.2, 0) is 4.89 Å². The Bertz CT molecular complexity index is 115. The quantitative estimate of drug-likeness (QED) is 0.336. The summed E-state index contributed by atoms with van der Waals surface area (Å²) in [5, 5.41) is 8.09. The van der Waals surface area contributed by atoms with Crippen LogP contribution in [0.15, 0.2) is 0 Å². The molecule has 0 radical (unpaired) electrons. The van der Waals surface area contributed by atoms with Crippen molar-refractivity contribution in [2.45, 2.75) is 71.1 Å². The molecule has 0 aromatic carbocycles. The van der Waals surface area contributed by atoms with Gasteiger partial charge in [-0.15, -0.1) is 0 Å². The van der Waals surface area contributed by atoms with Crippen LogP contribution >= 0.6 is 0 Å². The third kappa shape index (κ3) is 29.7. The second-order valence-electron chi connectivity index (χ2n) is 5.36. The van der Waals surface area contributed by atoms with E-state index in [1.165, 1.54) is 57.8 Å². The fraction of sp³-hybridized carbons (Fsp3) is 1.00. The standard InChI is InChI=1S/C12H26O2.C3H9N/c1-2-3-4-5-6-7-8-9-10-11-12-14-13;1-4(2)3/h13H,2-12H2,1H3;1-3H3. The lowest BCUT2D eigenvalue weighted by Gasteiger charge is -2.01. The van der Waals surface area contributed by atoms with Crippen molar-refractivity contribution in [3.05, 3.63) is 0 Å². The van der Waals surface area contributed by atoms with Gasteiger partial charge >= 0.3 is 0 Å². The third-order valence-electron chi connectivity index (χ3n) is 2.59. The Labute approximate surface area is 114 Å². The van der Waals surface area contributed by atoms with Crippen LogP contribution in [0.5, 0.6) is 0 Å². The normalized spacial score (nSPS) is 10.3. The van der Waals surface area contributed by atoms with Crippen LogP contribution in [0.2, 0.25) is 0 Å². The summed E-state index contributed by atoms with van der Waals surface area (Å²) in [4.78, 5) is 6.01. The Morgan fingerprint density at radius 3 is 1.39 bits per heavy atom. The SMILES string of the molecule is CCCCCCCCCCCCOO.CN(C)C. The van der Waals surface area contributed by atoms with Crippen LogP contribution in [-0.4, -0.2) is 37.9 Å². The molecule has 0 aliphatic heterocycles. The molecular formula is C15H35NO2. The number of unbranched alkanes of at least 4 members (excludes halogenated alkanes) is 9. The fourth-order valence-corrected chi connectivity index (χ4v) is 1.65. The van der Waals surface area contributed by atoms with Gasteiger partial charge in [0.2, 0.25) is 0 Å². The molecule has 0 heterocycles. The Balaban J connectivity index is 0. The number of hydrogen-bond acceptors (Lipinski definition) is 3. The highest BCUT2D eigenvalue weighted by atomic mass is 17.1. The molecule has 0 fully saturated rings. The zero-order chi connectivity index (χ0) is 14.1. The van der Waals surface area contributed by atoms with Crippen LogP contribution in [0, 0.1) is 0 Å². The van der Waals surface area contributed by atoms with Crippen molar-refractivity contribution >= 4 is 0 Å². The molecule has 1 N–H and O–H groups in total. The minimum atomic E-state index is 0.497. The number of rotatable bonds is 11. The maximum atomic E-state index is 8.09. The summed E-state index contributed by atoms with van der Waals surface area (Å²) in [5.74, 6) is 0. The molecule has 0 spiro atoms. The van der Waals surface area contributed by atoms with E-state index in [4.69, 9.17) is 5.26 Å². The highest BCUT2D eigenvalue weighted by Gasteiger charge is 1.92. The Morgan fingerprint density at radius 1 is 0.722 bits per heavy atom. The lowest BCUT2D eigenvalue weighted by atomic mass is 10.1. The fourth-order valence-electron chi connectivity index (χ4n) is 1.65. The molecule has 3 nitrogen and oxygen atoms in total. The molecule has 0 atom stereocenters. The van der Waals surface area contributed by atoms with Gasteiger partial charge in [-0.25, -0.2) is 4.89 Å². The summed E-state index contributed by atoms with van der Waals surface area (Å²) in [5.41, 5.74) is 0. The minimum Gasteiger partial charge on any atom is -0.312 e. The second kappa shape index (κ2) is 19.2. The van der Waals surface area contributed by atoms with Gasteiger partial charge in [-0.3, -0.25) is 5.26 Å². The molecule has 0 rings (SSSR count). The van der Waals surface area contributed by atoms with Gasteiger partial charge in [0, 0.05) is 0 Å². The van der Waals surface area contributed by atoms with E-state index < -0.39 is 0 Å². The van der Waals surface area contributed by atoms with Crippen LogP contribution in [0.1, 0.15) is 71.1 Å². The second-order valence-corrected chi connectivity index (χ2v) is 5.36. The zero-order valence-electron chi connectivity index (χ0n) is 13.1. The Morgan fingerprint density at radius 2 is 1.06 bits per heavy atom. The van der Waals surface area contributed by atoms with E-state index >= 15 is 0 Å². The summed E-state index contributed by atoms with van der Waals surface area (Å²) >= 11 is 0. The van der Waals surface area contributed by atoms with E-state index in [0.717, 1.165) is 6.42 Å². The Kier molecular flexibility index (Phi) is 21.6. The summed E-state index contributed by atoms with van der Waals surface area (Å²) in [6, 6.07) is 0. The van der Waals surface area contributed by atoms with Crippen LogP contribution in [0.25, 0.3) is 0 Å². The van der Waals surface area contributed by atoms with E-state index in [2.05, 4.69) is 11.8 Å². The van der Waals surface area contributed by atoms with E-state index in [9.17, 15) is 0 Å². The van der Waals surface area contributed by atoms with Gasteiger partial charge in [-0.05, 0) is 27.6 Å². The highest BCUT2D eigenvalue weighted by molar-refractivity contribution is 4.46. The summed E-state index contributed by atoms with van der Waals surface area (Å²) in [6.45, 7) is 2.75. The summed E-state index contributed by atoms with van der Waals surface area (Å²) in [7, 11) is 6.00. The molecule has 0 aliphatic rings. The van der Waals surface area contributed by atoms with E-state index in [-0.39, 0.29) is 0 Å². The molecule has 0 amide bonds. The Hall–Kier alpha value is -0.120. The highest BCUT2D eigenvalue weighted by Crippen LogP contribution is 2.10. The molecule has 0 aromatic rings. The maximum absolute atomic E-state index is 8.09. The van der Waals surface area contributed by atoms with Crippen molar-refractivity contribution < 1.29 is 10.1 Å². The van der Waals surface area contributed by atoms with E-state index in [1.807, 2.05) is 26.0 Å². The molecule has 112 valence electrons. The average Bonchev–Trinajstić information content (AvgIpc) is 2.31. The van der Waals surface area contributed by atoms with Gasteiger partial charge in [0.1, 0.15) is 0 Å². The smallest absolute Gasteiger partial charge is 0.0819 e. The van der Waals surface area contributed by atoms with Crippen molar-refractivity contribution in [3.8, 4) is 0 Å². The van der Waals surface area contributed by atoms with Crippen molar-refractivity contribution in [2.24, 2.45) is 0 Å². The average molecular weight is 261 g/mol. The maximum Gasteiger partial charge on any atom is 0.0819 e. The van der Waals surface area contributed by atoms with Gasteiger partial charge in [0.05, 0.1) is 6.61 Å². The van der Waals surface area contributed by atoms with Crippen LogP contribution in [0.4, 0.5) is 0 Å². The molecule has 18 heavy (non-hydrogen) atoms. The predicted molar refractivity (Wildman–Crippen MR) is 80.0 cm³/mol. The van der Waals surface area contributed by atoms with Crippen molar-refractivity contribution in [2.75, 3.05) is 27.7 Å². The van der Waals surface area contributed by atoms with Gasteiger partial charge in [-0.1, -0.05) is 64.7 Å². The van der Waals surface area contributed by atoms with Gasteiger partial charge in [0.15, 0.2) is 0 Å². The first kappa shape index (κ1) is 20.2. The molecule has 0 saturated heterocycles. The molecule has 0 saturated carbocycles. The zero-order valence-corrected chi connectivity index (χ0v) is 13.1. The van der Waals surface area contributed by atoms with E-state index in [0.29, 0.717) is 6.61 Å². The number of nitrogens with zero attached hydrogens (tertiary/aromatic N) is 1. The molecule has 0 aliphatic carbocycles. The van der Waals surface area contributed by atoms with Gasteiger partial charge in [-0.2, -0.15) is 0 Å². The number of hydrogen-bond donors (Lipinski definition) is 1. The first-order valence-electron chi connectivity index (χ1n) is 7.52. The predicted octanol–water partition coefficient (Wildman–Crippen LogP) is 4.57. The molecule has 0 unspecified atom stereocenters. The largest absolute Gasteiger partial charge is 0.312 e. The molecule has 3 heteroatoms. The van der Waals surface area contributed by atoms with E-state index in [1.54, 1.807) is 0 Å². The molecule has 0 aromatic heterocycles.